The number of aliphatic carboxylic acids is 1. The van der Waals surface area contributed by atoms with E-state index in [1.165, 1.54) is 7.11 Å². The number of ether oxygens (including phenoxy) is 1. The zero-order chi connectivity index (χ0) is 9.56. The lowest BCUT2D eigenvalue weighted by atomic mass is 10.2. The van der Waals surface area contributed by atoms with Gasteiger partial charge in [0.25, 0.3) is 0 Å². The number of carboxylic acids is 1. The van der Waals surface area contributed by atoms with Crippen molar-refractivity contribution >= 4 is 5.97 Å². The van der Waals surface area contributed by atoms with E-state index in [2.05, 4.69) is 0 Å². The van der Waals surface area contributed by atoms with Crippen molar-refractivity contribution in [2.45, 2.75) is 18.9 Å². The summed E-state index contributed by atoms with van der Waals surface area (Å²) in [6.07, 6.45) is 0.770. The van der Waals surface area contributed by atoms with E-state index in [1.807, 2.05) is 19.0 Å². The van der Waals surface area contributed by atoms with Crippen LogP contribution in [0.25, 0.3) is 0 Å². The van der Waals surface area contributed by atoms with Gasteiger partial charge in [0, 0.05) is 7.11 Å². The minimum atomic E-state index is -0.878. The first-order valence-corrected chi connectivity index (χ1v) is 3.98. The fraction of sp³-hybridized carbons (Fsp3) is 0.875. The lowest BCUT2D eigenvalue weighted by Gasteiger charge is -2.12. The molecule has 0 aliphatic carbocycles. The summed E-state index contributed by atoms with van der Waals surface area (Å²) in [5, 5.41) is 8.60. The second-order valence-corrected chi connectivity index (χ2v) is 3.01. The Hall–Kier alpha value is -0.610. The molecule has 4 nitrogen and oxygen atoms in total. The summed E-state index contributed by atoms with van der Waals surface area (Å²) < 4.78 is 4.78. The Kier molecular flexibility index (Phi) is 5.66. The van der Waals surface area contributed by atoms with Gasteiger partial charge in [0.05, 0.1) is 0 Å². The van der Waals surface area contributed by atoms with Gasteiger partial charge in [0.1, 0.15) is 0 Å². The van der Waals surface area contributed by atoms with E-state index in [0.29, 0.717) is 6.42 Å². The first-order chi connectivity index (χ1) is 5.57. The normalized spacial score (nSPS) is 13.3. The van der Waals surface area contributed by atoms with Gasteiger partial charge in [-0.2, -0.15) is 0 Å². The maximum atomic E-state index is 10.5. The number of carbonyl (C=O) groups is 1. The molecule has 1 atom stereocenters. The predicted octanol–water partition coefficient (Wildman–Crippen LogP) is 0.428. The Balaban J connectivity index is 3.52. The third-order valence-electron chi connectivity index (χ3n) is 1.63. The molecule has 0 aliphatic heterocycles. The molecule has 1 N–H and O–H groups in total. The summed E-state index contributed by atoms with van der Waals surface area (Å²) >= 11 is 0. The van der Waals surface area contributed by atoms with Crippen molar-refractivity contribution in [3.8, 4) is 0 Å². The third kappa shape index (κ3) is 5.09. The van der Waals surface area contributed by atoms with Crippen LogP contribution in [0.5, 0.6) is 0 Å². The summed E-state index contributed by atoms with van der Waals surface area (Å²) in [5.74, 6) is -0.878. The summed E-state index contributed by atoms with van der Waals surface area (Å²) in [7, 11) is 5.35. The molecule has 72 valence electrons. The van der Waals surface area contributed by atoms with Crippen LogP contribution in [-0.4, -0.2) is 49.8 Å². The van der Waals surface area contributed by atoms with Crippen molar-refractivity contribution in [2.75, 3.05) is 27.7 Å². The minimum Gasteiger partial charge on any atom is -0.479 e. The van der Waals surface area contributed by atoms with Crippen molar-refractivity contribution in [3.05, 3.63) is 0 Å². The van der Waals surface area contributed by atoms with Crippen LogP contribution in [0.4, 0.5) is 0 Å². The molecule has 0 aromatic carbocycles. The lowest BCUT2D eigenvalue weighted by Crippen LogP contribution is -2.24. The highest BCUT2D eigenvalue weighted by atomic mass is 16.5. The highest BCUT2D eigenvalue weighted by molar-refractivity contribution is 5.72. The van der Waals surface area contributed by atoms with E-state index in [-0.39, 0.29) is 0 Å². The molecule has 0 heterocycles. The van der Waals surface area contributed by atoms with Crippen molar-refractivity contribution in [1.82, 2.24) is 4.90 Å². The molecule has 0 aromatic heterocycles. The van der Waals surface area contributed by atoms with Gasteiger partial charge in [-0.05, 0) is 33.5 Å². The summed E-state index contributed by atoms with van der Waals surface area (Å²) in [5.41, 5.74) is 0. The number of methoxy groups -OCH3 is 1. The van der Waals surface area contributed by atoms with Crippen LogP contribution < -0.4 is 0 Å². The van der Waals surface area contributed by atoms with Crippen LogP contribution in [0.3, 0.4) is 0 Å². The Labute approximate surface area is 73.1 Å². The average Bonchev–Trinajstić information content (AvgIpc) is 1.96. The Morgan fingerprint density at radius 3 is 2.50 bits per heavy atom. The summed E-state index contributed by atoms with van der Waals surface area (Å²) in [6.45, 7) is 0.896. The summed E-state index contributed by atoms with van der Waals surface area (Å²) in [6, 6.07) is 0. The zero-order valence-electron chi connectivity index (χ0n) is 7.91. The smallest absolute Gasteiger partial charge is 0.332 e. The van der Waals surface area contributed by atoms with E-state index in [4.69, 9.17) is 9.84 Å². The van der Waals surface area contributed by atoms with Crippen LogP contribution in [-0.2, 0) is 9.53 Å². The second-order valence-electron chi connectivity index (χ2n) is 3.01. The van der Waals surface area contributed by atoms with Crippen molar-refractivity contribution in [2.24, 2.45) is 0 Å². The number of nitrogens with zero attached hydrogens (tertiary/aromatic N) is 1. The highest BCUT2D eigenvalue weighted by Gasteiger charge is 2.14. The molecular weight excluding hydrogens is 158 g/mol. The first-order valence-electron chi connectivity index (χ1n) is 3.98. The molecule has 0 bridgehead atoms. The highest BCUT2D eigenvalue weighted by Crippen LogP contribution is 2.01. The molecule has 0 rings (SSSR count). The molecule has 0 amide bonds. The fourth-order valence-corrected chi connectivity index (χ4v) is 0.935. The molecule has 0 aliphatic rings. The molecule has 0 saturated carbocycles. The maximum Gasteiger partial charge on any atom is 0.332 e. The maximum absolute atomic E-state index is 10.5. The van der Waals surface area contributed by atoms with Crippen molar-refractivity contribution in [3.63, 3.8) is 0 Å². The van der Waals surface area contributed by atoms with Gasteiger partial charge in [-0.1, -0.05) is 0 Å². The van der Waals surface area contributed by atoms with Crippen molar-refractivity contribution < 1.29 is 14.6 Å². The van der Waals surface area contributed by atoms with E-state index >= 15 is 0 Å². The van der Waals surface area contributed by atoms with E-state index in [9.17, 15) is 4.79 Å². The molecule has 4 heteroatoms. The van der Waals surface area contributed by atoms with Crippen LogP contribution >= 0.6 is 0 Å². The van der Waals surface area contributed by atoms with Crippen LogP contribution in [0, 0.1) is 0 Å². The number of carboxylic acid groups (broad SMARTS) is 1. The molecule has 0 fully saturated rings. The fourth-order valence-electron chi connectivity index (χ4n) is 0.935. The van der Waals surface area contributed by atoms with Crippen LogP contribution in [0.15, 0.2) is 0 Å². The molecule has 0 aromatic rings. The Morgan fingerprint density at radius 1 is 1.58 bits per heavy atom. The van der Waals surface area contributed by atoms with E-state index in [0.717, 1.165) is 13.0 Å². The van der Waals surface area contributed by atoms with Crippen LogP contribution in [0.2, 0.25) is 0 Å². The number of rotatable bonds is 6. The molecular formula is C8H17NO3. The molecule has 0 spiro atoms. The molecule has 0 saturated heterocycles. The van der Waals surface area contributed by atoms with E-state index < -0.39 is 12.1 Å². The quantitative estimate of drug-likeness (QED) is 0.636. The second kappa shape index (κ2) is 5.97. The van der Waals surface area contributed by atoms with Gasteiger partial charge >= 0.3 is 5.97 Å². The Morgan fingerprint density at radius 2 is 2.17 bits per heavy atom. The van der Waals surface area contributed by atoms with Crippen molar-refractivity contribution in [1.29, 1.82) is 0 Å². The number of hydrogen-bond donors (Lipinski definition) is 1. The predicted molar refractivity (Wildman–Crippen MR) is 46.2 cm³/mol. The van der Waals surface area contributed by atoms with Gasteiger partial charge in [-0.15, -0.1) is 0 Å². The largest absolute Gasteiger partial charge is 0.479 e. The topological polar surface area (TPSA) is 49.8 Å². The standard InChI is InChI=1S/C8H17NO3/c1-9(2)6-4-5-7(12-3)8(10)11/h7H,4-6H2,1-3H3,(H,10,11). The summed E-state index contributed by atoms with van der Waals surface area (Å²) in [4.78, 5) is 12.5. The zero-order valence-corrected chi connectivity index (χ0v) is 7.91. The van der Waals surface area contributed by atoms with Gasteiger partial charge < -0.3 is 14.7 Å². The molecule has 0 radical (unpaired) electrons. The van der Waals surface area contributed by atoms with Gasteiger partial charge in [-0.25, -0.2) is 4.79 Å². The number of hydrogen-bond acceptors (Lipinski definition) is 3. The average molecular weight is 175 g/mol. The first kappa shape index (κ1) is 11.4. The minimum absolute atomic E-state index is 0.573. The van der Waals surface area contributed by atoms with E-state index in [1.54, 1.807) is 0 Å². The van der Waals surface area contributed by atoms with Gasteiger partial charge in [-0.3, -0.25) is 0 Å². The third-order valence-corrected chi connectivity index (χ3v) is 1.63. The SMILES string of the molecule is COC(CCCN(C)C)C(=O)O. The lowest BCUT2D eigenvalue weighted by molar-refractivity contribution is -0.148. The van der Waals surface area contributed by atoms with Gasteiger partial charge in [0.15, 0.2) is 6.10 Å². The monoisotopic (exact) mass is 175 g/mol. The van der Waals surface area contributed by atoms with Gasteiger partial charge in [0.2, 0.25) is 0 Å². The molecule has 12 heavy (non-hydrogen) atoms. The molecule has 1 unspecified atom stereocenters. The van der Waals surface area contributed by atoms with Crippen LogP contribution in [0.1, 0.15) is 12.8 Å². The Bertz CT molecular complexity index is 136.